The third-order valence-corrected chi connectivity index (χ3v) is 5.88. The number of nitrogens with zero attached hydrogens (tertiary/aromatic N) is 5. The minimum absolute atomic E-state index is 0.0660. The van der Waals surface area contributed by atoms with Crippen LogP contribution in [0.1, 0.15) is 31.9 Å². The molecule has 0 bridgehead atoms. The summed E-state index contributed by atoms with van der Waals surface area (Å²) in [6.07, 6.45) is -3.80. The van der Waals surface area contributed by atoms with E-state index >= 15 is 0 Å². The Morgan fingerprint density at radius 3 is 2.51 bits per heavy atom. The number of ether oxygens (including phenoxy) is 1. The molecule has 0 aliphatic carbocycles. The lowest BCUT2D eigenvalue weighted by molar-refractivity contribution is -0.137. The summed E-state index contributed by atoms with van der Waals surface area (Å²) >= 11 is 6.37. The van der Waals surface area contributed by atoms with Crippen LogP contribution in [0.2, 0.25) is 5.15 Å². The van der Waals surface area contributed by atoms with Crippen LogP contribution < -0.4 is 10.2 Å². The molecule has 0 radical (unpaired) electrons. The number of aliphatic hydroxyl groups excluding tert-OH is 1. The largest absolute Gasteiger partial charge is 0.417 e. The number of amides is 1. The van der Waals surface area contributed by atoms with Crippen molar-refractivity contribution in [2.45, 2.75) is 33.6 Å². The number of halogens is 4. The van der Waals surface area contributed by atoms with Gasteiger partial charge in [-0.2, -0.15) is 13.2 Å². The molecule has 0 spiro atoms. The Kier molecular flexibility index (Phi) is 6.64. The van der Waals surface area contributed by atoms with Crippen molar-refractivity contribution in [2.75, 3.05) is 36.5 Å². The molecule has 3 aromatic rings. The monoisotopic (exact) mass is 512 g/mol. The number of aromatic nitrogens is 4. The highest BCUT2D eigenvalue weighted by Crippen LogP contribution is 2.38. The van der Waals surface area contributed by atoms with Gasteiger partial charge in [-0.3, -0.25) is 4.79 Å². The SMILES string of the molecule is CC(C)(C)C(=O)Nc1cc(C(F)(F)F)c(-c2nc(N3CCOCC3)c3cc(CO)c(Cl)n3n2)cn1. The Balaban J connectivity index is 1.89. The van der Waals surface area contributed by atoms with E-state index in [0.717, 1.165) is 12.3 Å². The predicted molar refractivity (Wildman–Crippen MR) is 123 cm³/mol. The molecule has 1 amide bonds. The zero-order chi connectivity index (χ0) is 25.5. The van der Waals surface area contributed by atoms with E-state index in [9.17, 15) is 23.1 Å². The highest BCUT2D eigenvalue weighted by molar-refractivity contribution is 6.30. The van der Waals surface area contributed by atoms with Crippen LogP contribution in [0.4, 0.5) is 24.8 Å². The molecule has 9 nitrogen and oxygen atoms in total. The second kappa shape index (κ2) is 9.25. The number of carbonyl (C=O) groups excluding carboxylic acids is 1. The van der Waals surface area contributed by atoms with Crippen molar-refractivity contribution < 1.29 is 27.8 Å². The van der Waals surface area contributed by atoms with Crippen molar-refractivity contribution in [3.63, 3.8) is 0 Å². The van der Waals surface area contributed by atoms with Gasteiger partial charge in [-0.25, -0.2) is 14.5 Å². The summed E-state index contributed by atoms with van der Waals surface area (Å²) < 4.78 is 48.9. The Bertz CT molecular complexity index is 1270. The van der Waals surface area contributed by atoms with Crippen molar-refractivity contribution in [2.24, 2.45) is 5.41 Å². The van der Waals surface area contributed by atoms with Crippen molar-refractivity contribution in [1.29, 1.82) is 0 Å². The topological polar surface area (TPSA) is 105 Å². The van der Waals surface area contributed by atoms with Gasteiger partial charge in [0.05, 0.1) is 30.9 Å². The number of nitrogens with one attached hydrogen (secondary N) is 1. The molecule has 3 aromatic heterocycles. The Hall–Kier alpha value is -2.96. The average molecular weight is 513 g/mol. The number of morpholine rings is 1. The smallest absolute Gasteiger partial charge is 0.392 e. The summed E-state index contributed by atoms with van der Waals surface area (Å²) in [5.41, 5.74) is -1.45. The Labute approximate surface area is 203 Å². The van der Waals surface area contributed by atoms with Crippen LogP contribution in [-0.2, 0) is 22.3 Å². The fourth-order valence-corrected chi connectivity index (χ4v) is 3.78. The number of rotatable bonds is 4. The van der Waals surface area contributed by atoms with Gasteiger partial charge in [-0.05, 0) is 12.1 Å². The van der Waals surface area contributed by atoms with Crippen molar-refractivity contribution in [3.8, 4) is 11.4 Å². The summed E-state index contributed by atoms with van der Waals surface area (Å²) in [6, 6.07) is 2.36. The average Bonchev–Trinajstić information content (AvgIpc) is 3.13. The van der Waals surface area contributed by atoms with Gasteiger partial charge < -0.3 is 20.1 Å². The molecule has 4 rings (SSSR count). The summed E-state index contributed by atoms with van der Waals surface area (Å²) in [5, 5.41) is 16.4. The fourth-order valence-electron chi connectivity index (χ4n) is 3.53. The number of hydrogen-bond acceptors (Lipinski definition) is 7. The predicted octanol–water partition coefficient (Wildman–Crippen LogP) is 3.78. The van der Waals surface area contributed by atoms with Gasteiger partial charge in [0, 0.05) is 30.3 Å². The highest BCUT2D eigenvalue weighted by Gasteiger charge is 2.36. The number of carbonyl (C=O) groups is 1. The van der Waals surface area contributed by atoms with Crippen LogP contribution in [0.25, 0.3) is 16.9 Å². The van der Waals surface area contributed by atoms with Gasteiger partial charge in [0.2, 0.25) is 5.91 Å². The lowest BCUT2D eigenvalue weighted by Gasteiger charge is -2.28. The first-order valence-electron chi connectivity index (χ1n) is 10.8. The van der Waals surface area contributed by atoms with E-state index in [2.05, 4.69) is 20.4 Å². The van der Waals surface area contributed by atoms with E-state index in [1.165, 1.54) is 4.52 Å². The van der Waals surface area contributed by atoms with Crippen molar-refractivity contribution >= 4 is 34.7 Å². The molecule has 4 heterocycles. The molecule has 1 aliphatic heterocycles. The molecule has 0 aromatic carbocycles. The first kappa shape index (κ1) is 25.1. The van der Waals surface area contributed by atoms with E-state index in [1.54, 1.807) is 26.8 Å². The zero-order valence-corrected chi connectivity index (χ0v) is 20.0. The summed E-state index contributed by atoms with van der Waals surface area (Å²) in [4.78, 5) is 22.6. The van der Waals surface area contributed by atoms with Crippen LogP contribution in [0.3, 0.4) is 0 Å². The van der Waals surface area contributed by atoms with E-state index in [4.69, 9.17) is 16.3 Å². The number of hydrogen-bond donors (Lipinski definition) is 2. The van der Waals surface area contributed by atoms with Crippen LogP contribution in [0, 0.1) is 5.41 Å². The lowest BCUT2D eigenvalue weighted by atomic mass is 9.96. The van der Waals surface area contributed by atoms with E-state index in [1.807, 2.05) is 4.90 Å². The maximum absolute atomic E-state index is 14.1. The molecule has 0 unspecified atom stereocenters. The highest BCUT2D eigenvalue weighted by atomic mass is 35.5. The maximum atomic E-state index is 14.1. The van der Waals surface area contributed by atoms with Crippen LogP contribution >= 0.6 is 11.6 Å². The third-order valence-electron chi connectivity index (χ3n) is 5.48. The standard InChI is InChI=1S/C22H24ClF3N6O3/c1-21(2,3)20(34)28-16-9-14(22(24,25)26)13(10-27-16)18-29-19(31-4-6-35-7-5-31)15-8-12(11-33)17(23)32(15)30-18/h8-10,33H,4-7,11H2,1-3H3,(H,27,28,34). The summed E-state index contributed by atoms with van der Waals surface area (Å²) in [6.45, 7) is 6.31. The molecular formula is C22H24ClF3N6O3. The second-order valence-corrected chi connectivity index (χ2v) is 9.45. The second-order valence-electron chi connectivity index (χ2n) is 9.09. The van der Waals surface area contributed by atoms with Gasteiger partial charge in [-0.15, -0.1) is 5.10 Å². The van der Waals surface area contributed by atoms with Crippen LogP contribution in [-0.4, -0.2) is 56.9 Å². The molecule has 0 atom stereocenters. The normalized spacial score (nSPS) is 15.0. The molecular weight excluding hydrogens is 489 g/mol. The van der Waals surface area contributed by atoms with Gasteiger partial charge >= 0.3 is 6.18 Å². The number of pyridine rings is 1. The number of alkyl halides is 3. The quantitative estimate of drug-likeness (QED) is 0.548. The molecule has 1 fully saturated rings. The summed E-state index contributed by atoms with van der Waals surface area (Å²) in [7, 11) is 0. The molecule has 13 heteroatoms. The first-order valence-corrected chi connectivity index (χ1v) is 11.2. The molecule has 1 aliphatic rings. The minimum Gasteiger partial charge on any atom is -0.392 e. The zero-order valence-electron chi connectivity index (χ0n) is 19.3. The van der Waals surface area contributed by atoms with Crippen LogP contribution in [0.5, 0.6) is 0 Å². The number of anilines is 2. The number of fused-ring (bicyclic) bond motifs is 1. The molecule has 35 heavy (non-hydrogen) atoms. The van der Waals surface area contributed by atoms with Gasteiger partial charge in [-0.1, -0.05) is 32.4 Å². The van der Waals surface area contributed by atoms with Gasteiger partial charge in [0.1, 0.15) is 16.5 Å². The van der Waals surface area contributed by atoms with Gasteiger partial charge in [0.25, 0.3) is 0 Å². The van der Waals surface area contributed by atoms with E-state index in [-0.39, 0.29) is 29.0 Å². The molecule has 2 N–H and O–H groups in total. The van der Waals surface area contributed by atoms with E-state index in [0.29, 0.717) is 43.2 Å². The first-order chi connectivity index (χ1) is 16.4. The molecule has 188 valence electrons. The lowest BCUT2D eigenvalue weighted by Crippen LogP contribution is -2.37. The van der Waals surface area contributed by atoms with Crippen molar-refractivity contribution in [3.05, 3.63) is 34.6 Å². The molecule has 1 saturated heterocycles. The minimum atomic E-state index is -4.78. The maximum Gasteiger partial charge on any atom is 0.417 e. The Morgan fingerprint density at radius 2 is 1.91 bits per heavy atom. The number of aliphatic hydroxyl groups is 1. The van der Waals surface area contributed by atoms with Gasteiger partial charge in [0.15, 0.2) is 11.6 Å². The van der Waals surface area contributed by atoms with E-state index < -0.39 is 23.1 Å². The third kappa shape index (κ3) is 5.04. The Morgan fingerprint density at radius 1 is 1.23 bits per heavy atom. The molecule has 0 saturated carbocycles. The van der Waals surface area contributed by atoms with Crippen molar-refractivity contribution in [1.82, 2.24) is 19.6 Å². The van der Waals surface area contributed by atoms with Crippen LogP contribution in [0.15, 0.2) is 18.3 Å². The summed E-state index contributed by atoms with van der Waals surface area (Å²) in [5.74, 6) is -0.613. The fraction of sp³-hybridized carbons (Fsp3) is 0.455.